The molecule has 158 valence electrons. The van der Waals surface area contributed by atoms with Crippen LogP contribution in [0, 0.1) is 0 Å². The summed E-state index contributed by atoms with van der Waals surface area (Å²) in [5.74, 6) is 0.888. The number of aryl methyl sites for hydroxylation is 2. The summed E-state index contributed by atoms with van der Waals surface area (Å²) in [7, 11) is -3.56. The SMILES string of the molecule is O=C(c1cccc2c1OCCO2)N1CCN(S(=O)(=O)c2ccc3c(c2)CCC3)CC1. The Morgan fingerprint density at radius 1 is 0.900 bits per heavy atom. The second kappa shape index (κ2) is 7.59. The number of ether oxygens (including phenoxy) is 2. The van der Waals surface area contributed by atoms with Crippen molar-refractivity contribution in [1.29, 1.82) is 0 Å². The first-order valence-electron chi connectivity index (χ1n) is 10.3. The fourth-order valence-electron chi connectivity index (χ4n) is 4.40. The van der Waals surface area contributed by atoms with Gasteiger partial charge in [0.25, 0.3) is 5.91 Å². The van der Waals surface area contributed by atoms with E-state index < -0.39 is 10.0 Å². The highest BCUT2D eigenvalue weighted by atomic mass is 32.2. The van der Waals surface area contributed by atoms with Gasteiger partial charge in [0.05, 0.1) is 10.5 Å². The van der Waals surface area contributed by atoms with Crippen molar-refractivity contribution in [2.75, 3.05) is 39.4 Å². The highest BCUT2D eigenvalue weighted by Crippen LogP contribution is 2.34. The zero-order valence-corrected chi connectivity index (χ0v) is 17.5. The van der Waals surface area contributed by atoms with Gasteiger partial charge in [0.2, 0.25) is 10.0 Å². The number of fused-ring (bicyclic) bond motifs is 2. The molecule has 2 heterocycles. The second-order valence-electron chi connectivity index (χ2n) is 7.81. The minimum absolute atomic E-state index is 0.160. The van der Waals surface area contributed by atoms with Crippen LogP contribution in [0.2, 0.25) is 0 Å². The van der Waals surface area contributed by atoms with Crippen molar-refractivity contribution in [3.63, 3.8) is 0 Å². The lowest BCUT2D eigenvalue weighted by Gasteiger charge is -2.34. The predicted molar refractivity (Wildman–Crippen MR) is 111 cm³/mol. The number of carbonyl (C=O) groups is 1. The fourth-order valence-corrected chi connectivity index (χ4v) is 5.88. The van der Waals surface area contributed by atoms with E-state index in [1.165, 1.54) is 9.87 Å². The molecule has 2 aromatic rings. The maximum atomic E-state index is 13.1. The third kappa shape index (κ3) is 3.33. The van der Waals surface area contributed by atoms with E-state index in [4.69, 9.17) is 9.47 Å². The molecule has 0 unspecified atom stereocenters. The molecular weight excluding hydrogens is 404 g/mol. The predicted octanol–water partition coefficient (Wildman–Crippen LogP) is 2.09. The average Bonchev–Trinajstić information content (AvgIpc) is 3.26. The summed E-state index contributed by atoms with van der Waals surface area (Å²) >= 11 is 0. The number of benzene rings is 2. The molecule has 3 aliphatic rings. The van der Waals surface area contributed by atoms with Gasteiger partial charge in [0.1, 0.15) is 13.2 Å². The fraction of sp³-hybridized carbons (Fsp3) is 0.409. The van der Waals surface area contributed by atoms with E-state index in [9.17, 15) is 13.2 Å². The molecule has 1 aliphatic carbocycles. The van der Waals surface area contributed by atoms with Gasteiger partial charge < -0.3 is 14.4 Å². The molecule has 0 aromatic heterocycles. The number of rotatable bonds is 3. The normalized spacial score (nSPS) is 18.9. The maximum absolute atomic E-state index is 13.1. The van der Waals surface area contributed by atoms with Gasteiger partial charge in [-0.25, -0.2) is 8.42 Å². The van der Waals surface area contributed by atoms with Crippen molar-refractivity contribution in [3.05, 3.63) is 53.1 Å². The molecule has 1 amide bonds. The standard InChI is InChI=1S/C22H24N2O5S/c25-22(19-5-2-6-20-21(19)29-14-13-28-20)23-9-11-24(12-10-23)30(26,27)18-8-7-16-3-1-4-17(16)15-18/h2,5-8,15H,1,3-4,9-14H2. The zero-order chi connectivity index (χ0) is 20.7. The van der Waals surface area contributed by atoms with Crippen molar-refractivity contribution in [3.8, 4) is 11.5 Å². The van der Waals surface area contributed by atoms with Crippen LogP contribution in [0.1, 0.15) is 27.9 Å². The van der Waals surface area contributed by atoms with Gasteiger partial charge in [-0.15, -0.1) is 0 Å². The molecule has 0 saturated carbocycles. The first kappa shape index (κ1) is 19.4. The Bertz CT molecular complexity index is 1090. The number of sulfonamides is 1. The second-order valence-corrected chi connectivity index (χ2v) is 9.75. The van der Waals surface area contributed by atoms with Crippen LogP contribution in [0.3, 0.4) is 0 Å². The van der Waals surface area contributed by atoms with Crippen molar-refractivity contribution < 1.29 is 22.7 Å². The monoisotopic (exact) mass is 428 g/mol. The Morgan fingerprint density at radius 3 is 2.50 bits per heavy atom. The van der Waals surface area contributed by atoms with Gasteiger partial charge >= 0.3 is 0 Å². The molecule has 5 rings (SSSR count). The lowest BCUT2D eigenvalue weighted by molar-refractivity contribution is 0.0688. The van der Waals surface area contributed by atoms with Crippen molar-refractivity contribution in [2.24, 2.45) is 0 Å². The molecule has 30 heavy (non-hydrogen) atoms. The number of para-hydroxylation sites is 1. The Kier molecular flexibility index (Phi) is 4.91. The molecule has 0 bridgehead atoms. The third-order valence-electron chi connectivity index (χ3n) is 6.03. The summed E-state index contributed by atoms with van der Waals surface area (Å²) in [5, 5.41) is 0. The van der Waals surface area contributed by atoms with E-state index in [1.807, 2.05) is 12.1 Å². The quantitative estimate of drug-likeness (QED) is 0.748. The summed E-state index contributed by atoms with van der Waals surface area (Å²) in [4.78, 5) is 15.1. The number of hydrogen-bond acceptors (Lipinski definition) is 5. The Morgan fingerprint density at radius 2 is 1.67 bits per heavy atom. The third-order valence-corrected chi connectivity index (χ3v) is 7.92. The highest BCUT2D eigenvalue weighted by Gasteiger charge is 2.32. The van der Waals surface area contributed by atoms with Crippen LogP contribution in [0.5, 0.6) is 11.5 Å². The lowest BCUT2D eigenvalue weighted by Crippen LogP contribution is -2.50. The van der Waals surface area contributed by atoms with Crippen LogP contribution < -0.4 is 9.47 Å². The maximum Gasteiger partial charge on any atom is 0.257 e. The summed E-state index contributed by atoms with van der Waals surface area (Å²) in [6.45, 7) is 2.10. The highest BCUT2D eigenvalue weighted by molar-refractivity contribution is 7.89. The molecule has 0 atom stereocenters. The molecule has 0 N–H and O–H groups in total. The number of hydrogen-bond donors (Lipinski definition) is 0. The van der Waals surface area contributed by atoms with Crippen LogP contribution in [0.4, 0.5) is 0 Å². The van der Waals surface area contributed by atoms with E-state index in [1.54, 1.807) is 29.2 Å². The first-order valence-corrected chi connectivity index (χ1v) is 11.8. The molecule has 1 fully saturated rings. The average molecular weight is 429 g/mol. The van der Waals surface area contributed by atoms with Gasteiger partial charge in [-0.3, -0.25) is 4.79 Å². The minimum Gasteiger partial charge on any atom is -0.486 e. The molecule has 2 aromatic carbocycles. The van der Waals surface area contributed by atoms with E-state index in [0.717, 1.165) is 24.8 Å². The van der Waals surface area contributed by atoms with Gasteiger partial charge in [-0.1, -0.05) is 12.1 Å². The molecule has 0 spiro atoms. The number of piperazine rings is 1. The molecule has 7 nitrogen and oxygen atoms in total. The van der Waals surface area contributed by atoms with Crippen molar-refractivity contribution >= 4 is 15.9 Å². The van der Waals surface area contributed by atoms with Gasteiger partial charge in [-0.05, 0) is 54.7 Å². The van der Waals surface area contributed by atoms with Crippen molar-refractivity contribution in [2.45, 2.75) is 24.2 Å². The molecule has 2 aliphatic heterocycles. The summed E-state index contributed by atoms with van der Waals surface area (Å²) in [5.41, 5.74) is 2.85. The molecule has 0 radical (unpaired) electrons. The van der Waals surface area contributed by atoms with Crippen LogP contribution >= 0.6 is 0 Å². The van der Waals surface area contributed by atoms with Gasteiger partial charge in [-0.2, -0.15) is 4.31 Å². The minimum atomic E-state index is -3.56. The van der Waals surface area contributed by atoms with E-state index in [2.05, 4.69) is 0 Å². The van der Waals surface area contributed by atoms with Crippen molar-refractivity contribution in [1.82, 2.24) is 9.21 Å². The van der Waals surface area contributed by atoms with Crippen LogP contribution in [0.25, 0.3) is 0 Å². The summed E-state index contributed by atoms with van der Waals surface area (Å²) < 4.78 is 38.9. The van der Waals surface area contributed by atoms with E-state index in [-0.39, 0.29) is 19.0 Å². The van der Waals surface area contributed by atoms with Crippen LogP contribution in [0.15, 0.2) is 41.3 Å². The largest absolute Gasteiger partial charge is 0.486 e. The molecular formula is C22H24N2O5S. The lowest BCUT2D eigenvalue weighted by atomic mass is 10.1. The summed E-state index contributed by atoms with van der Waals surface area (Å²) in [6, 6.07) is 10.8. The van der Waals surface area contributed by atoms with Gasteiger partial charge in [0, 0.05) is 26.2 Å². The van der Waals surface area contributed by atoms with E-state index in [0.29, 0.717) is 48.3 Å². The molecule has 8 heteroatoms. The molecule has 1 saturated heterocycles. The number of amides is 1. The number of nitrogens with zero attached hydrogens (tertiary/aromatic N) is 2. The first-order chi connectivity index (χ1) is 14.5. The summed E-state index contributed by atoms with van der Waals surface area (Å²) in [6.07, 6.45) is 3.04. The Balaban J connectivity index is 1.30. The Hall–Kier alpha value is -2.58. The van der Waals surface area contributed by atoms with Crippen LogP contribution in [-0.2, 0) is 22.9 Å². The zero-order valence-electron chi connectivity index (χ0n) is 16.7. The topological polar surface area (TPSA) is 76.2 Å². The smallest absolute Gasteiger partial charge is 0.257 e. The number of carbonyl (C=O) groups excluding carboxylic acids is 1. The Labute approximate surface area is 176 Å². The van der Waals surface area contributed by atoms with E-state index >= 15 is 0 Å². The van der Waals surface area contributed by atoms with Crippen LogP contribution in [-0.4, -0.2) is 62.9 Å². The van der Waals surface area contributed by atoms with Gasteiger partial charge in [0.15, 0.2) is 11.5 Å².